The molecule has 0 aromatic heterocycles. The van der Waals surface area contributed by atoms with Gasteiger partial charge in [-0.15, -0.1) is 0 Å². The molecule has 34 heavy (non-hydrogen) atoms. The van der Waals surface area contributed by atoms with Gasteiger partial charge in [-0.05, 0) is 43.6 Å². The van der Waals surface area contributed by atoms with Gasteiger partial charge in [-0.3, -0.25) is 24.2 Å². The zero-order valence-corrected chi connectivity index (χ0v) is 20.4. The molecule has 0 spiro atoms. The van der Waals surface area contributed by atoms with Crippen molar-refractivity contribution in [3.05, 3.63) is 30.3 Å². The van der Waals surface area contributed by atoms with Crippen LogP contribution < -0.4 is 15.5 Å². The van der Waals surface area contributed by atoms with Crippen molar-refractivity contribution in [2.45, 2.75) is 25.3 Å². The van der Waals surface area contributed by atoms with Crippen LogP contribution in [-0.2, 0) is 19.1 Å². The fourth-order valence-corrected chi connectivity index (χ4v) is 5.42. The number of methoxy groups -OCH3 is 1. The third-order valence-electron chi connectivity index (χ3n) is 7.07. The number of hydrogen-bond donors (Lipinski definition) is 2. The number of esters is 1. The number of carbonyl (C=O) groups is 3. The Labute approximate surface area is 205 Å². The van der Waals surface area contributed by atoms with Gasteiger partial charge in [-0.1, -0.05) is 18.2 Å². The highest BCUT2D eigenvalue weighted by Crippen LogP contribution is 2.33. The Morgan fingerprint density at radius 2 is 1.88 bits per heavy atom. The van der Waals surface area contributed by atoms with E-state index in [1.165, 1.54) is 17.7 Å². The van der Waals surface area contributed by atoms with Crippen molar-refractivity contribution in [3.8, 4) is 0 Å². The second-order valence-corrected chi connectivity index (χ2v) is 9.52. The lowest BCUT2D eigenvalue weighted by atomic mass is 9.76. The van der Waals surface area contributed by atoms with Gasteiger partial charge in [0.05, 0.1) is 18.9 Å². The monoisotopic (exact) mass is 487 g/mol. The molecule has 1 aliphatic carbocycles. The highest BCUT2D eigenvalue weighted by Gasteiger charge is 2.44. The van der Waals surface area contributed by atoms with Crippen molar-refractivity contribution in [1.29, 1.82) is 0 Å². The summed E-state index contributed by atoms with van der Waals surface area (Å²) >= 11 is 5.37. The van der Waals surface area contributed by atoms with Crippen LogP contribution in [0.15, 0.2) is 30.3 Å². The molecule has 10 heteroatoms. The highest BCUT2D eigenvalue weighted by atomic mass is 32.1. The van der Waals surface area contributed by atoms with Gasteiger partial charge in [-0.25, -0.2) is 0 Å². The number of nitrogens with zero attached hydrogens (tertiary/aromatic N) is 3. The molecule has 3 unspecified atom stereocenters. The third kappa shape index (κ3) is 5.67. The second kappa shape index (κ2) is 11.1. The van der Waals surface area contributed by atoms with Crippen molar-refractivity contribution in [1.82, 2.24) is 20.4 Å². The molecule has 2 heterocycles. The summed E-state index contributed by atoms with van der Waals surface area (Å²) in [6, 6.07) is 10.2. The third-order valence-corrected chi connectivity index (χ3v) is 7.41. The molecule has 1 saturated carbocycles. The maximum atomic E-state index is 13.0. The predicted molar refractivity (Wildman–Crippen MR) is 132 cm³/mol. The minimum absolute atomic E-state index is 0.0872. The lowest BCUT2D eigenvalue weighted by Crippen LogP contribution is -2.63. The number of fused-ring (bicyclic) bond motifs is 1. The first-order valence-corrected chi connectivity index (χ1v) is 12.4. The Morgan fingerprint density at radius 3 is 2.59 bits per heavy atom. The molecule has 2 N–H and O–H groups in total. The molecule has 4 rings (SSSR count). The van der Waals surface area contributed by atoms with Crippen LogP contribution in [-0.4, -0.2) is 91.7 Å². The SMILES string of the molecule is COC(=O)C1CCC2C(=O)N(CC(=O)NCCN3CCN(c4ccccc4)CC3)C(=S)NC2C1. The van der Waals surface area contributed by atoms with Crippen LogP contribution in [0.5, 0.6) is 0 Å². The van der Waals surface area contributed by atoms with Crippen LogP contribution in [0.2, 0.25) is 0 Å². The number of thiocarbonyl (C=S) groups is 1. The lowest BCUT2D eigenvalue weighted by Gasteiger charge is -2.43. The molecule has 3 fully saturated rings. The molecule has 2 aliphatic heterocycles. The summed E-state index contributed by atoms with van der Waals surface area (Å²) in [7, 11) is 1.38. The van der Waals surface area contributed by atoms with Gasteiger partial charge < -0.3 is 20.3 Å². The van der Waals surface area contributed by atoms with E-state index < -0.39 is 0 Å². The smallest absolute Gasteiger partial charge is 0.308 e. The van der Waals surface area contributed by atoms with E-state index in [2.05, 4.69) is 44.7 Å². The molecule has 0 radical (unpaired) electrons. The van der Waals surface area contributed by atoms with Gasteiger partial charge in [0.1, 0.15) is 6.54 Å². The maximum Gasteiger partial charge on any atom is 0.308 e. The number of rotatable bonds is 7. The Morgan fingerprint density at radius 1 is 1.15 bits per heavy atom. The van der Waals surface area contributed by atoms with E-state index in [0.717, 1.165) is 32.7 Å². The highest BCUT2D eigenvalue weighted by molar-refractivity contribution is 7.80. The van der Waals surface area contributed by atoms with E-state index in [1.807, 2.05) is 6.07 Å². The van der Waals surface area contributed by atoms with Crippen LogP contribution in [0.3, 0.4) is 0 Å². The molecule has 9 nitrogen and oxygen atoms in total. The van der Waals surface area contributed by atoms with E-state index >= 15 is 0 Å². The van der Waals surface area contributed by atoms with Gasteiger partial charge in [0, 0.05) is 51.0 Å². The summed E-state index contributed by atoms with van der Waals surface area (Å²) in [6.45, 7) is 5.01. The Hall–Kier alpha value is -2.72. The standard InChI is InChI=1S/C24H33N5O4S/c1-33-23(32)17-7-8-19-20(15-17)26-24(34)29(22(19)31)16-21(30)25-9-10-27-11-13-28(14-12-27)18-5-3-2-4-6-18/h2-6,17,19-20H,7-16H2,1H3,(H,25,30)(H,26,34). The van der Waals surface area contributed by atoms with Crippen molar-refractivity contribution in [2.24, 2.45) is 11.8 Å². The minimum atomic E-state index is -0.277. The number of carbonyl (C=O) groups excluding carboxylic acids is 3. The normalized spacial score (nSPS) is 25.4. The summed E-state index contributed by atoms with van der Waals surface area (Å²) in [5.41, 5.74) is 1.24. The van der Waals surface area contributed by atoms with Gasteiger partial charge >= 0.3 is 5.97 Å². The van der Waals surface area contributed by atoms with Crippen molar-refractivity contribution in [3.63, 3.8) is 0 Å². The summed E-state index contributed by atoms with van der Waals surface area (Å²) < 4.78 is 4.85. The number of ether oxygens (including phenoxy) is 1. The molecule has 2 saturated heterocycles. The minimum Gasteiger partial charge on any atom is -0.469 e. The fourth-order valence-electron chi connectivity index (χ4n) is 5.11. The van der Waals surface area contributed by atoms with Crippen LogP contribution in [0.1, 0.15) is 19.3 Å². The van der Waals surface area contributed by atoms with Crippen molar-refractivity contribution < 1.29 is 19.1 Å². The average molecular weight is 488 g/mol. The first-order valence-electron chi connectivity index (χ1n) is 11.9. The number of amides is 2. The number of piperazine rings is 1. The number of hydrogen-bond acceptors (Lipinski definition) is 7. The van der Waals surface area contributed by atoms with E-state index in [-0.39, 0.29) is 47.3 Å². The van der Waals surface area contributed by atoms with Crippen molar-refractivity contribution in [2.75, 3.05) is 57.8 Å². The largest absolute Gasteiger partial charge is 0.469 e. The van der Waals surface area contributed by atoms with Gasteiger partial charge in [0.2, 0.25) is 11.8 Å². The number of para-hydroxylation sites is 1. The topological polar surface area (TPSA) is 94.2 Å². The molecule has 3 aliphatic rings. The Bertz CT molecular complexity index is 906. The molecule has 3 atom stereocenters. The van der Waals surface area contributed by atoms with Crippen molar-refractivity contribution >= 4 is 40.8 Å². The molecular formula is C24H33N5O4S. The van der Waals surface area contributed by atoms with Gasteiger partial charge in [0.15, 0.2) is 5.11 Å². The lowest BCUT2D eigenvalue weighted by molar-refractivity contribution is -0.149. The molecular weight excluding hydrogens is 454 g/mol. The summed E-state index contributed by atoms with van der Waals surface area (Å²) in [5.74, 6) is -1.10. The molecule has 2 amide bonds. The van der Waals surface area contributed by atoms with Gasteiger partial charge in [0.25, 0.3) is 0 Å². The zero-order valence-electron chi connectivity index (χ0n) is 19.6. The first-order chi connectivity index (χ1) is 16.5. The molecule has 1 aromatic rings. The van der Waals surface area contributed by atoms with Crippen LogP contribution in [0.4, 0.5) is 5.69 Å². The van der Waals surface area contributed by atoms with Crippen LogP contribution in [0, 0.1) is 11.8 Å². The Balaban J connectivity index is 1.18. The van der Waals surface area contributed by atoms with Gasteiger partial charge in [-0.2, -0.15) is 0 Å². The fraction of sp³-hybridized carbons (Fsp3) is 0.583. The maximum absolute atomic E-state index is 13.0. The van der Waals surface area contributed by atoms with Crippen LogP contribution >= 0.6 is 12.2 Å². The average Bonchev–Trinajstić information content (AvgIpc) is 2.86. The molecule has 184 valence electrons. The van der Waals surface area contributed by atoms with Crippen LogP contribution in [0.25, 0.3) is 0 Å². The van der Waals surface area contributed by atoms with E-state index in [1.54, 1.807) is 0 Å². The predicted octanol–water partition coefficient (Wildman–Crippen LogP) is 0.599. The zero-order chi connectivity index (χ0) is 24.1. The van der Waals surface area contributed by atoms with E-state index in [4.69, 9.17) is 17.0 Å². The second-order valence-electron chi connectivity index (χ2n) is 9.13. The molecule has 0 bridgehead atoms. The van der Waals surface area contributed by atoms with E-state index in [0.29, 0.717) is 25.8 Å². The first kappa shape index (κ1) is 24.4. The summed E-state index contributed by atoms with van der Waals surface area (Å²) in [5, 5.41) is 6.35. The Kier molecular flexibility index (Phi) is 7.99. The quantitative estimate of drug-likeness (QED) is 0.427. The summed E-state index contributed by atoms with van der Waals surface area (Å²) in [4.78, 5) is 43.5. The number of benzene rings is 1. The summed E-state index contributed by atoms with van der Waals surface area (Å²) in [6.07, 6.45) is 1.69. The van der Waals surface area contributed by atoms with E-state index in [9.17, 15) is 14.4 Å². The molecule has 1 aromatic carbocycles. The number of anilines is 1. The number of nitrogens with one attached hydrogen (secondary N) is 2.